The van der Waals surface area contributed by atoms with Gasteiger partial charge in [-0.25, -0.2) is 4.57 Å². The van der Waals surface area contributed by atoms with Crippen molar-refractivity contribution in [3.05, 3.63) is 12.7 Å². The van der Waals surface area contributed by atoms with Crippen LogP contribution in [0.1, 0.15) is 44.9 Å². The molecule has 19 nitrogen and oxygen atoms in total. The number of ether oxygens (including phenoxy) is 5. The van der Waals surface area contributed by atoms with Crippen molar-refractivity contribution in [1.82, 2.24) is 0 Å². The summed E-state index contributed by atoms with van der Waals surface area (Å²) in [5, 5.41) is 102. The van der Waals surface area contributed by atoms with Crippen LogP contribution in [0.4, 0.5) is 0 Å². The number of aliphatic hydroxyl groups excluding tert-OH is 10. The Kier molecular flexibility index (Phi) is 17.1. The van der Waals surface area contributed by atoms with Gasteiger partial charge in [-0.05, 0) is 19.3 Å². The zero-order chi connectivity index (χ0) is 35.6. The Morgan fingerprint density at radius 1 is 0.625 bits per heavy atom. The zero-order valence-corrected chi connectivity index (χ0v) is 27.2. The third-order valence-electron chi connectivity index (χ3n) is 8.35. The van der Waals surface area contributed by atoms with E-state index >= 15 is 0 Å². The number of hydrogen-bond donors (Lipinski definition) is 11. The SMILES string of the molecule is C=CCCCCCCCCO[C@H]1O[C@H](CO)[C@@H](O[C@@H]2O[C@H](COP(=O)(O)O[C@H]3O[C@H](CO)[C@@H](O)[C@H](O)[C@@H]3O)[C@H](O)[C@H](O)[C@H]2O)[C@H](O)[C@@H]1O. The second-order valence-electron chi connectivity index (χ2n) is 12.0. The molecule has 3 saturated heterocycles. The topological polar surface area (TPSA) is 304 Å². The Morgan fingerprint density at radius 2 is 1.15 bits per heavy atom. The fraction of sp³-hybridized carbons (Fsp3) is 0.929. The first kappa shape index (κ1) is 41.7. The van der Waals surface area contributed by atoms with Gasteiger partial charge in [0, 0.05) is 6.61 Å². The highest BCUT2D eigenvalue weighted by Crippen LogP contribution is 2.47. The van der Waals surface area contributed by atoms with Gasteiger partial charge < -0.3 is 79.6 Å². The lowest BCUT2D eigenvalue weighted by molar-refractivity contribution is -0.359. The minimum atomic E-state index is -5.20. The van der Waals surface area contributed by atoms with Crippen LogP contribution < -0.4 is 0 Å². The lowest BCUT2D eigenvalue weighted by Gasteiger charge is -2.46. The first-order valence-electron chi connectivity index (χ1n) is 15.9. The molecule has 20 heteroatoms. The highest BCUT2D eigenvalue weighted by molar-refractivity contribution is 7.47. The smallest absolute Gasteiger partial charge is 0.394 e. The molecule has 16 atom stereocenters. The molecular weight excluding hydrogens is 671 g/mol. The van der Waals surface area contributed by atoms with Crippen molar-refractivity contribution in [3.63, 3.8) is 0 Å². The highest BCUT2D eigenvalue weighted by atomic mass is 31.2. The van der Waals surface area contributed by atoms with Crippen molar-refractivity contribution >= 4 is 7.82 Å². The van der Waals surface area contributed by atoms with Crippen molar-refractivity contribution in [2.24, 2.45) is 0 Å². The van der Waals surface area contributed by atoms with Crippen molar-refractivity contribution in [3.8, 4) is 0 Å². The average molecular weight is 723 g/mol. The molecule has 3 rings (SSSR count). The molecule has 1 unspecified atom stereocenters. The normalized spacial score (nSPS) is 41.9. The van der Waals surface area contributed by atoms with Crippen LogP contribution in [0, 0.1) is 0 Å². The minimum absolute atomic E-state index is 0.204. The van der Waals surface area contributed by atoms with Crippen LogP contribution in [0.5, 0.6) is 0 Å². The molecule has 3 heterocycles. The lowest BCUT2D eigenvalue weighted by Crippen LogP contribution is -2.64. The van der Waals surface area contributed by atoms with Gasteiger partial charge in [0.15, 0.2) is 18.9 Å². The molecule has 48 heavy (non-hydrogen) atoms. The fourth-order valence-corrected chi connectivity index (χ4v) is 6.29. The maximum atomic E-state index is 12.6. The summed E-state index contributed by atoms with van der Waals surface area (Å²) in [4.78, 5) is 10.2. The first-order valence-corrected chi connectivity index (χ1v) is 17.4. The molecule has 0 aliphatic carbocycles. The predicted octanol–water partition coefficient (Wildman–Crippen LogP) is -3.51. The number of phosphoric ester groups is 1. The van der Waals surface area contributed by atoms with Gasteiger partial charge in [0.25, 0.3) is 0 Å². The average Bonchev–Trinajstić information content (AvgIpc) is 3.06. The summed E-state index contributed by atoms with van der Waals surface area (Å²) in [6.45, 7) is 1.32. The molecular formula is C28H51O19P. The van der Waals surface area contributed by atoms with E-state index in [2.05, 4.69) is 6.58 Å². The highest BCUT2D eigenvalue weighted by Gasteiger charge is 2.52. The first-order chi connectivity index (χ1) is 22.8. The van der Waals surface area contributed by atoms with Crippen LogP contribution in [-0.2, 0) is 37.3 Å². The van der Waals surface area contributed by atoms with E-state index in [4.69, 9.17) is 32.7 Å². The minimum Gasteiger partial charge on any atom is -0.394 e. The maximum absolute atomic E-state index is 12.6. The van der Waals surface area contributed by atoms with E-state index in [0.29, 0.717) is 6.42 Å². The van der Waals surface area contributed by atoms with Gasteiger partial charge in [0.1, 0.15) is 73.2 Å². The summed E-state index contributed by atoms with van der Waals surface area (Å²) >= 11 is 0. The molecule has 3 aliphatic rings. The van der Waals surface area contributed by atoms with Gasteiger partial charge in [-0.2, -0.15) is 0 Å². The predicted molar refractivity (Wildman–Crippen MR) is 158 cm³/mol. The third-order valence-corrected chi connectivity index (χ3v) is 9.30. The molecule has 3 aliphatic heterocycles. The van der Waals surface area contributed by atoms with Crippen LogP contribution in [-0.4, -0.2) is 175 Å². The Hall–Kier alpha value is -0.750. The molecule has 0 aromatic rings. The van der Waals surface area contributed by atoms with Gasteiger partial charge >= 0.3 is 7.82 Å². The van der Waals surface area contributed by atoms with E-state index in [-0.39, 0.29) is 6.61 Å². The van der Waals surface area contributed by atoms with E-state index in [9.17, 15) is 60.5 Å². The second-order valence-corrected chi connectivity index (χ2v) is 13.4. The van der Waals surface area contributed by atoms with Crippen LogP contribution >= 0.6 is 7.82 Å². The number of hydrogen-bond acceptors (Lipinski definition) is 18. The second kappa shape index (κ2) is 19.7. The van der Waals surface area contributed by atoms with Gasteiger partial charge in [-0.1, -0.05) is 31.8 Å². The lowest BCUT2D eigenvalue weighted by atomic mass is 9.97. The number of aliphatic hydroxyl groups is 10. The monoisotopic (exact) mass is 722 g/mol. The van der Waals surface area contributed by atoms with Crippen LogP contribution in [0.2, 0.25) is 0 Å². The van der Waals surface area contributed by atoms with E-state index in [1.165, 1.54) is 0 Å². The molecule has 0 bridgehead atoms. The summed E-state index contributed by atoms with van der Waals surface area (Å²) in [6.07, 6.45) is -17.6. The summed E-state index contributed by atoms with van der Waals surface area (Å²) in [7, 11) is -5.20. The summed E-state index contributed by atoms with van der Waals surface area (Å²) < 4.78 is 49.4. The van der Waals surface area contributed by atoms with E-state index < -0.39 is 120 Å². The molecule has 3 fully saturated rings. The van der Waals surface area contributed by atoms with Gasteiger partial charge in [-0.15, -0.1) is 6.58 Å². The fourth-order valence-electron chi connectivity index (χ4n) is 5.46. The third kappa shape index (κ3) is 11.1. The standard InChI is InChI=1S/C28H51O19P/c1-2-3-4-5-6-7-8-9-10-41-26-24(38)21(35)25(15(12-30)44-26)46-27-22(36)20(34)18(32)16(45-27)13-42-48(39,40)47-28-23(37)19(33)17(31)14(11-29)43-28/h2,14-38H,1,3-13H2,(H,39,40)/t14-,15-,16-,17-,18+,19+,20+,21-,22-,23+,24+,25-,26+,27+,28-/m1/s1. The molecule has 0 amide bonds. The number of unbranched alkanes of at least 4 members (excludes halogenated alkanes) is 6. The van der Waals surface area contributed by atoms with Gasteiger partial charge in [-0.3, -0.25) is 9.05 Å². The van der Waals surface area contributed by atoms with Gasteiger partial charge in [0.2, 0.25) is 0 Å². The van der Waals surface area contributed by atoms with E-state index in [1.807, 2.05) is 6.08 Å². The van der Waals surface area contributed by atoms with E-state index in [1.54, 1.807) is 0 Å². The maximum Gasteiger partial charge on any atom is 0.474 e. The largest absolute Gasteiger partial charge is 0.474 e. The molecule has 0 aromatic carbocycles. The summed E-state index contributed by atoms with van der Waals surface area (Å²) in [6, 6.07) is 0. The molecule has 0 radical (unpaired) electrons. The Morgan fingerprint density at radius 3 is 1.77 bits per heavy atom. The summed E-state index contributed by atoms with van der Waals surface area (Å²) in [5.74, 6) is 0. The van der Waals surface area contributed by atoms with Crippen LogP contribution in [0.15, 0.2) is 12.7 Å². The number of allylic oxidation sites excluding steroid dienone is 1. The molecule has 0 spiro atoms. The summed E-state index contributed by atoms with van der Waals surface area (Å²) in [5.41, 5.74) is 0. The molecule has 0 saturated carbocycles. The Balaban J connectivity index is 1.54. The van der Waals surface area contributed by atoms with Crippen LogP contribution in [0.25, 0.3) is 0 Å². The zero-order valence-electron chi connectivity index (χ0n) is 26.4. The number of rotatable bonds is 19. The Bertz CT molecular complexity index is 990. The molecule has 11 N–H and O–H groups in total. The number of phosphoric acid groups is 1. The van der Waals surface area contributed by atoms with Crippen molar-refractivity contribution in [1.29, 1.82) is 0 Å². The quantitative estimate of drug-likeness (QED) is 0.0350. The van der Waals surface area contributed by atoms with Crippen LogP contribution in [0.3, 0.4) is 0 Å². The van der Waals surface area contributed by atoms with Gasteiger partial charge in [0.05, 0.1) is 19.8 Å². The molecule has 0 aromatic heterocycles. The van der Waals surface area contributed by atoms with E-state index in [0.717, 1.165) is 38.5 Å². The van der Waals surface area contributed by atoms with Crippen molar-refractivity contribution in [2.45, 2.75) is 137 Å². The molecule has 282 valence electrons. The van der Waals surface area contributed by atoms with Crippen molar-refractivity contribution < 1.29 is 93.3 Å². The van der Waals surface area contributed by atoms with Crippen molar-refractivity contribution in [2.75, 3.05) is 26.4 Å². The Labute approximate surface area is 277 Å².